The Kier molecular flexibility index (Phi) is 4.22. The number of nitrogens with one attached hydrogen (secondary N) is 2. The van der Waals surface area contributed by atoms with E-state index in [0.717, 1.165) is 48.1 Å². The zero-order valence-corrected chi connectivity index (χ0v) is 14.6. The highest BCUT2D eigenvalue weighted by Crippen LogP contribution is 2.48. The first-order chi connectivity index (χ1) is 12.2. The van der Waals surface area contributed by atoms with Crippen molar-refractivity contribution < 1.29 is 4.79 Å². The molecule has 1 amide bonds. The Morgan fingerprint density at radius 2 is 2.04 bits per heavy atom. The van der Waals surface area contributed by atoms with Gasteiger partial charge >= 0.3 is 0 Å². The van der Waals surface area contributed by atoms with E-state index < -0.39 is 0 Å². The highest BCUT2D eigenvalue weighted by atomic mass is 35.5. The lowest BCUT2D eigenvalue weighted by Gasteiger charge is -2.16. The van der Waals surface area contributed by atoms with Crippen molar-refractivity contribution in [3.8, 4) is 0 Å². The van der Waals surface area contributed by atoms with E-state index in [9.17, 15) is 4.79 Å². The minimum atomic E-state index is -0.371. The van der Waals surface area contributed by atoms with Gasteiger partial charge in [-0.3, -0.25) is 4.79 Å². The molecule has 0 aliphatic heterocycles. The lowest BCUT2D eigenvalue weighted by atomic mass is 9.95. The van der Waals surface area contributed by atoms with Gasteiger partial charge in [-0.25, -0.2) is 4.98 Å². The highest BCUT2D eigenvalue weighted by molar-refractivity contribution is 6.30. The second kappa shape index (κ2) is 6.52. The van der Waals surface area contributed by atoms with Crippen LogP contribution >= 0.6 is 11.6 Å². The van der Waals surface area contributed by atoms with Crippen LogP contribution in [0.4, 0.5) is 0 Å². The van der Waals surface area contributed by atoms with Gasteiger partial charge in [0, 0.05) is 18.0 Å². The molecule has 4 rings (SSSR count). The predicted molar refractivity (Wildman–Crippen MR) is 99.8 cm³/mol. The number of halogens is 1. The molecule has 0 bridgehead atoms. The highest BCUT2D eigenvalue weighted by Gasteiger charge is 2.51. The maximum Gasteiger partial charge on any atom is 0.230 e. The number of aromatic nitrogens is 2. The normalized spacial score (nSPS) is 15.2. The second-order valence-corrected chi connectivity index (χ2v) is 7.09. The van der Waals surface area contributed by atoms with Gasteiger partial charge in [0.25, 0.3) is 0 Å². The third kappa shape index (κ3) is 3.27. The number of imidazole rings is 1. The Morgan fingerprint density at radius 3 is 2.80 bits per heavy atom. The average molecular weight is 354 g/mol. The summed E-state index contributed by atoms with van der Waals surface area (Å²) in [6.07, 6.45) is 3.46. The molecule has 2 N–H and O–H groups in total. The maximum absolute atomic E-state index is 12.6. The number of amides is 1. The largest absolute Gasteiger partial charge is 0.355 e. The van der Waals surface area contributed by atoms with E-state index in [1.165, 1.54) is 0 Å². The Labute approximate surface area is 151 Å². The zero-order chi connectivity index (χ0) is 17.3. The number of benzene rings is 2. The van der Waals surface area contributed by atoms with Crippen LogP contribution in [-0.2, 0) is 16.6 Å². The van der Waals surface area contributed by atoms with Crippen molar-refractivity contribution in [1.82, 2.24) is 15.3 Å². The summed E-state index contributed by atoms with van der Waals surface area (Å²) in [6, 6.07) is 15.6. The van der Waals surface area contributed by atoms with Crippen molar-refractivity contribution >= 4 is 28.5 Å². The SMILES string of the molecule is O=C(NCCCc1nc2ccccc2[nH]1)C1(c2cccc(Cl)c2)CC1. The fourth-order valence-corrected chi connectivity index (χ4v) is 3.50. The quantitative estimate of drug-likeness (QED) is 0.658. The van der Waals surface area contributed by atoms with E-state index in [4.69, 9.17) is 11.6 Å². The van der Waals surface area contributed by atoms with Crippen molar-refractivity contribution in [2.45, 2.75) is 31.1 Å². The van der Waals surface area contributed by atoms with Crippen molar-refractivity contribution in [3.63, 3.8) is 0 Å². The molecule has 1 aliphatic carbocycles. The van der Waals surface area contributed by atoms with Crippen LogP contribution in [0.3, 0.4) is 0 Å². The molecule has 5 heteroatoms. The summed E-state index contributed by atoms with van der Waals surface area (Å²) in [7, 11) is 0. The Bertz CT molecular complexity index is 881. The fraction of sp³-hybridized carbons (Fsp3) is 0.300. The lowest BCUT2D eigenvalue weighted by molar-refractivity contribution is -0.123. The summed E-state index contributed by atoms with van der Waals surface area (Å²) in [5.41, 5.74) is 2.69. The molecular formula is C20H20ClN3O. The van der Waals surface area contributed by atoms with E-state index in [2.05, 4.69) is 15.3 Å². The molecule has 0 spiro atoms. The molecule has 0 unspecified atom stereocenters. The number of carbonyl (C=O) groups is 1. The zero-order valence-electron chi connectivity index (χ0n) is 13.9. The number of para-hydroxylation sites is 2. The number of fused-ring (bicyclic) bond motifs is 1. The molecule has 3 aromatic rings. The summed E-state index contributed by atoms with van der Waals surface area (Å²) in [5.74, 6) is 1.07. The van der Waals surface area contributed by atoms with Crippen LogP contribution in [0.1, 0.15) is 30.7 Å². The second-order valence-electron chi connectivity index (χ2n) is 6.65. The van der Waals surface area contributed by atoms with E-state index in [1.54, 1.807) is 0 Å². The van der Waals surface area contributed by atoms with E-state index in [1.807, 2.05) is 48.5 Å². The van der Waals surface area contributed by atoms with Crippen LogP contribution in [0.2, 0.25) is 5.02 Å². The number of H-pyrrole nitrogens is 1. The van der Waals surface area contributed by atoms with Gasteiger partial charge in [0.05, 0.1) is 16.4 Å². The number of hydrogen-bond acceptors (Lipinski definition) is 2. The van der Waals surface area contributed by atoms with Gasteiger partial charge in [-0.2, -0.15) is 0 Å². The van der Waals surface area contributed by atoms with Gasteiger partial charge in [-0.1, -0.05) is 35.9 Å². The number of carbonyl (C=O) groups excluding carboxylic acids is 1. The first-order valence-electron chi connectivity index (χ1n) is 8.65. The number of aryl methyl sites for hydroxylation is 1. The van der Waals surface area contributed by atoms with Gasteiger partial charge < -0.3 is 10.3 Å². The Morgan fingerprint density at radius 1 is 1.20 bits per heavy atom. The number of rotatable bonds is 6. The molecule has 4 nitrogen and oxygen atoms in total. The summed E-state index contributed by atoms with van der Waals surface area (Å²) < 4.78 is 0. The standard InChI is InChI=1S/C20H20ClN3O/c21-15-6-3-5-14(13-15)20(10-11-20)19(25)22-12-4-9-18-23-16-7-1-2-8-17(16)24-18/h1-3,5-8,13H,4,9-12H2,(H,22,25)(H,23,24). The first-order valence-corrected chi connectivity index (χ1v) is 9.03. The lowest BCUT2D eigenvalue weighted by Crippen LogP contribution is -2.35. The van der Waals surface area contributed by atoms with Crippen LogP contribution < -0.4 is 5.32 Å². The van der Waals surface area contributed by atoms with Crippen molar-refractivity contribution in [1.29, 1.82) is 0 Å². The monoisotopic (exact) mass is 353 g/mol. The Hall–Kier alpha value is -2.33. The third-order valence-corrected chi connectivity index (χ3v) is 5.11. The van der Waals surface area contributed by atoms with Gasteiger partial charge in [0.1, 0.15) is 5.82 Å². The smallest absolute Gasteiger partial charge is 0.230 e. The average Bonchev–Trinajstić information content (AvgIpc) is 3.33. The number of hydrogen-bond donors (Lipinski definition) is 2. The molecule has 1 saturated carbocycles. The molecule has 0 saturated heterocycles. The minimum absolute atomic E-state index is 0.111. The molecule has 1 aromatic heterocycles. The van der Waals surface area contributed by atoms with Crippen LogP contribution in [0.5, 0.6) is 0 Å². The molecule has 1 aliphatic rings. The van der Waals surface area contributed by atoms with Crippen LogP contribution in [0, 0.1) is 0 Å². The van der Waals surface area contributed by atoms with Gasteiger partial charge in [0.15, 0.2) is 0 Å². The maximum atomic E-state index is 12.6. The van der Waals surface area contributed by atoms with Gasteiger partial charge in [0.2, 0.25) is 5.91 Å². The summed E-state index contributed by atoms with van der Waals surface area (Å²) in [4.78, 5) is 20.5. The topological polar surface area (TPSA) is 57.8 Å². The van der Waals surface area contributed by atoms with Crippen molar-refractivity contribution in [3.05, 3.63) is 64.9 Å². The predicted octanol–water partition coefficient (Wildman–Crippen LogP) is 4.00. The molecule has 0 atom stereocenters. The van der Waals surface area contributed by atoms with E-state index in [0.29, 0.717) is 11.6 Å². The minimum Gasteiger partial charge on any atom is -0.355 e. The third-order valence-electron chi connectivity index (χ3n) is 4.88. The van der Waals surface area contributed by atoms with Crippen LogP contribution in [0.25, 0.3) is 11.0 Å². The van der Waals surface area contributed by atoms with E-state index in [-0.39, 0.29) is 11.3 Å². The van der Waals surface area contributed by atoms with Crippen molar-refractivity contribution in [2.24, 2.45) is 0 Å². The fourth-order valence-electron chi connectivity index (χ4n) is 3.31. The molecule has 0 radical (unpaired) electrons. The van der Waals surface area contributed by atoms with Crippen molar-refractivity contribution in [2.75, 3.05) is 6.54 Å². The van der Waals surface area contributed by atoms with E-state index >= 15 is 0 Å². The number of aromatic amines is 1. The summed E-state index contributed by atoms with van der Waals surface area (Å²) >= 11 is 6.07. The Balaban J connectivity index is 1.32. The molecule has 2 aromatic carbocycles. The van der Waals surface area contributed by atoms with Crippen LogP contribution in [0.15, 0.2) is 48.5 Å². The van der Waals surface area contributed by atoms with Gasteiger partial charge in [-0.15, -0.1) is 0 Å². The molecule has 25 heavy (non-hydrogen) atoms. The van der Waals surface area contributed by atoms with Crippen LogP contribution in [-0.4, -0.2) is 22.4 Å². The number of nitrogens with zero attached hydrogens (tertiary/aromatic N) is 1. The molecule has 1 heterocycles. The first kappa shape index (κ1) is 16.2. The molecule has 128 valence electrons. The summed E-state index contributed by atoms with van der Waals surface area (Å²) in [6.45, 7) is 0.651. The molecule has 1 fully saturated rings. The van der Waals surface area contributed by atoms with Gasteiger partial charge in [-0.05, 0) is 49.1 Å². The molecular weight excluding hydrogens is 334 g/mol. The summed E-state index contributed by atoms with van der Waals surface area (Å²) in [5, 5.41) is 3.77.